The van der Waals surface area contributed by atoms with Crippen LogP contribution in [0.3, 0.4) is 0 Å². The number of benzene rings is 2. The predicted octanol–water partition coefficient (Wildman–Crippen LogP) is 4.47. The first kappa shape index (κ1) is 17.0. The van der Waals surface area contributed by atoms with Crippen LogP contribution in [0.4, 0.5) is 0 Å². The summed E-state index contributed by atoms with van der Waals surface area (Å²) in [5.74, 6) is 0. The average Bonchev–Trinajstić information content (AvgIpc) is 2.57. The molecular formula is C19H26NOP. The maximum atomic E-state index is 13.9. The molecular weight excluding hydrogens is 289 g/mol. The Balaban J connectivity index is 2.40. The normalized spacial score (nSPS) is 11.8. The van der Waals surface area contributed by atoms with Crippen LogP contribution in [0.5, 0.6) is 0 Å². The minimum atomic E-state index is -2.79. The van der Waals surface area contributed by atoms with Crippen LogP contribution in [0.15, 0.2) is 60.7 Å². The number of rotatable bonds is 8. The highest BCUT2D eigenvalue weighted by Gasteiger charge is 2.29. The molecule has 0 amide bonds. The summed E-state index contributed by atoms with van der Waals surface area (Å²) in [6, 6.07) is 19.9. The molecule has 0 fully saturated rings. The van der Waals surface area contributed by atoms with Gasteiger partial charge in [0.15, 0.2) is 0 Å². The van der Waals surface area contributed by atoms with E-state index in [1.807, 2.05) is 60.7 Å². The van der Waals surface area contributed by atoms with Gasteiger partial charge in [-0.3, -0.25) is 9.65 Å². The summed E-state index contributed by atoms with van der Waals surface area (Å²) in [6.45, 7) is 4.36. The molecule has 0 aliphatic rings. The lowest BCUT2D eigenvalue weighted by molar-refractivity contribution is 0.500. The van der Waals surface area contributed by atoms with Crippen molar-refractivity contribution in [3.8, 4) is 0 Å². The minimum Gasteiger partial charge on any atom is -0.297 e. The fraction of sp³-hybridized carbons (Fsp3) is 0.368. The van der Waals surface area contributed by atoms with Crippen LogP contribution < -0.4 is 15.7 Å². The first-order valence-electron chi connectivity index (χ1n) is 8.19. The second-order valence-corrected chi connectivity index (χ2v) is 8.19. The van der Waals surface area contributed by atoms with Gasteiger partial charge >= 0.3 is 0 Å². The van der Waals surface area contributed by atoms with Gasteiger partial charge in [-0.15, -0.1) is 0 Å². The summed E-state index contributed by atoms with van der Waals surface area (Å²) >= 11 is 0. The molecule has 0 radical (unpaired) electrons. The van der Waals surface area contributed by atoms with Crippen molar-refractivity contribution in [1.82, 2.24) is 5.09 Å². The molecule has 2 aromatic rings. The lowest BCUT2D eigenvalue weighted by atomic mass is 10.1. The Bertz CT molecular complexity index is 548. The van der Waals surface area contributed by atoms with Crippen molar-refractivity contribution in [1.29, 1.82) is 0 Å². The Hall–Kier alpha value is -1.37. The number of nitrogens with one attached hydrogen (secondary N) is 1. The Morgan fingerprint density at radius 1 is 0.818 bits per heavy atom. The molecule has 2 rings (SSSR count). The van der Waals surface area contributed by atoms with Gasteiger partial charge in [0.2, 0.25) is 7.29 Å². The van der Waals surface area contributed by atoms with Gasteiger partial charge in [0.25, 0.3) is 0 Å². The van der Waals surface area contributed by atoms with E-state index >= 15 is 0 Å². The van der Waals surface area contributed by atoms with E-state index in [1.165, 1.54) is 0 Å². The zero-order chi connectivity index (χ0) is 15.8. The highest BCUT2D eigenvalue weighted by atomic mass is 31.2. The van der Waals surface area contributed by atoms with E-state index in [0.717, 1.165) is 36.3 Å². The lowest BCUT2D eigenvalue weighted by Gasteiger charge is -2.26. The molecule has 0 heterocycles. The molecule has 0 atom stereocenters. The molecule has 2 nitrogen and oxygen atoms in total. The third-order valence-electron chi connectivity index (χ3n) is 3.88. The largest absolute Gasteiger partial charge is 0.297 e. The summed E-state index contributed by atoms with van der Waals surface area (Å²) in [7, 11) is -2.79. The first-order chi connectivity index (χ1) is 10.7. The maximum Gasteiger partial charge on any atom is 0.204 e. The van der Waals surface area contributed by atoms with E-state index in [4.69, 9.17) is 0 Å². The molecule has 0 saturated heterocycles. The molecule has 0 bridgehead atoms. The van der Waals surface area contributed by atoms with Crippen molar-refractivity contribution < 1.29 is 4.57 Å². The van der Waals surface area contributed by atoms with E-state index in [2.05, 4.69) is 18.9 Å². The smallest absolute Gasteiger partial charge is 0.204 e. The van der Waals surface area contributed by atoms with E-state index < -0.39 is 7.29 Å². The molecule has 0 spiro atoms. The molecule has 118 valence electrons. The summed E-state index contributed by atoms with van der Waals surface area (Å²) in [6.07, 6.45) is 4.30. The third kappa shape index (κ3) is 4.09. The Kier molecular flexibility index (Phi) is 6.42. The van der Waals surface area contributed by atoms with Crippen molar-refractivity contribution >= 4 is 17.9 Å². The van der Waals surface area contributed by atoms with Gasteiger partial charge in [-0.1, -0.05) is 63.1 Å². The molecule has 0 aliphatic heterocycles. The number of hydrogen-bond acceptors (Lipinski definition) is 1. The Labute approximate surface area is 134 Å². The minimum absolute atomic E-state index is 0.293. The predicted molar refractivity (Wildman–Crippen MR) is 96.5 cm³/mol. The topological polar surface area (TPSA) is 29.1 Å². The molecule has 0 aromatic heterocycles. The van der Waals surface area contributed by atoms with Crippen LogP contribution >= 0.6 is 7.29 Å². The fourth-order valence-corrected chi connectivity index (χ4v) is 5.35. The molecule has 22 heavy (non-hydrogen) atoms. The highest BCUT2D eigenvalue weighted by molar-refractivity contribution is 7.76. The van der Waals surface area contributed by atoms with Gasteiger partial charge in [-0.05, 0) is 37.1 Å². The van der Waals surface area contributed by atoms with Crippen LogP contribution in [0.25, 0.3) is 0 Å². The SMILES string of the molecule is CCCC(CCC)NP(=O)(c1ccccc1)c1ccccc1. The zero-order valence-corrected chi connectivity index (χ0v) is 14.4. The fourth-order valence-electron chi connectivity index (χ4n) is 2.80. The van der Waals surface area contributed by atoms with E-state index in [0.29, 0.717) is 6.04 Å². The molecule has 3 heteroatoms. The molecule has 0 unspecified atom stereocenters. The van der Waals surface area contributed by atoms with Gasteiger partial charge in [-0.2, -0.15) is 0 Å². The molecule has 2 aromatic carbocycles. The van der Waals surface area contributed by atoms with Gasteiger partial charge in [0.1, 0.15) is 0 Å². The molecule has 0 aliphatic carbocycles. The van der Waals surface area contributed by atoms with Crippen LogP contribution in [0.1, 0.15) is 39.5 Å². The summed E-state index contributed by atoms with van der Waals surface area (Å²) < 4.78 is 13.9. The van der Waals surface area contributed by atoms with Crippen LogP contribution in [0, 0.1) is 0 Å². The van der Waals surface area contributed by atoms with Crippen LogP contribution in [0.2, 0.25) is 0 Å². The van der Waals surface area contributed by atoms with Crippen molar-refractivity contribution in [2.24, 2.45) is 0 Å². The van der Waals surface area contributed by atoms with Crippen molar-refractivity contribution in [3.63, 3.8) is 0 Å². The maximum absolute atomic E-state index is 13.9. The molecule has 1 N–H and O–H groups in total. The highest BCUT2D eigenvalue weighted by Crippen LogP contribution is 2.40. The average molecular weight is 315 g/mol. The summed E-state index contributed by atoms with van der Waals surface area (Å²) in [5.41, 5.74) is 0. The number of hydrogen-bond donors (Lipinski definition) is 1. The van der Waals surface area contributed by atoms with Crippen LogP contribution in [-0.2, 0) is 4.57 Å². The summed E-state index contributed by atoms with van der Waals surface area (Å²) in [5, 5.41) is 5.30. The molecule has 0 saturated carbocycles. The van der Waals surface area contributed by atoms with Gasteiger partial charge in [-0.25, -0.2) is 0 Å². The monoisotopic (exact) mass is 315 g/mol. The standard InChI is InChI=1S/C19H26NOP/c1-3-11-17(12-4-2)20-22(21,18-13-7-5-8-14-18)19-15-9-6-10-16-19/h5-10,13-17H,3-4,11-12H2,1-2H3,(H,20,21). The Morgan fingerprint density at radius 3 is 1.59 bits per heavy atom. The summed E-state index contributed by atoms with van der Waals surface area (Å²) in [4.78, 5) is 0. The van der Waals surface area contributed by atoms with Gasteiger partial charge in [0, 0.05) is 16.7 Å². The van der Waals surface area contributed by atoms with Crippen molar-refractivity contribution in [2.45, 2.75) is 45.6 Å². The third-order valence-corrected chi connectivity index (χ3v) is 6.66. The first-order valence-corrected chi connectivity index (χ1v) is 9.90. The lowest BCUT2D eigenvalue weighted by Crippen LogP contribution is -2.35. The van der Waals surface area contributed by atoms with Crippen molar-refractivity contribution in [2.75, 3.05) is 0 Å². The second kappa shape index (κ2) is 8.31. The Morgan fingerprint density at radius 2 is 1.23 bits per heavy atom. The van der Waals surface area contributed by atoms with E-state index in [-0.39, 0.29) is 0 Å². The van der Waals surface area contributed by atoms with Crippen molar-refractivity contribution in [3.05, 3.63) is 60.7 Å². The van der Waals surface area contributed by atoms with Gasteiger partial charge in [0.05, 0.1) is 0 Å². The second-order valence-electron chi connectivity index (χ2n) is 5.68. The van der Waals surface area contributed by atoms with E-state index in [9.17, 15) is 4.57 Å². The van der Waals surface area contributed by atoms with Gasteiger partial charge < -0.3 is 0 Å². The van der Waals surface area contributed by atoms with E-state index in [1.54, 1.807) is 0 Å². The zero-order valence-electron chi connectivity index (χ0n) is 13.5. The quantitative estimate of drug-likeness (QED) is 0.728. The van der Waals surface area contributed by atoms with Crippen LogP contribution in [-0.4, -0.2) is 6.04 Å².